The molecule has 0 saturated carbocycles. The topological polar surface area (TPSA) is 36.8 Å². The van der Waals surface area contributed by atoms with E-state index < -0.39 is 0 Å². The van der Waals surface area contributed by atoms with Crippen molar-refractivity contribution in [1.29, 1.82) is 0 Å². The van der Waals surface area contributed by atoms with Crippen LogP contribution in [0.5, 0.6) is 0 Å². The fourth-order valence-electron chi connectivity index (χ4n) is 0.175. The van der Waals surface area contributed by atoms with E-state index in [9.17, 15) is 0 Å². The molecule has 3 heteroatoms. The van der Waals surface area contributed by atoms with Gasteiger partial charge < -0.3 is 5.43 Å². The predicted octanol–water partition coefficient (Wildman–Crippen LogP) is -0.108. The van der Waals surface area contributed by atoms with Crippen LogP contribution in [0.15, 0.2) is 10.1 Å². The van der Waals surface area contributed by atoms with Gasteiger partial charge in [0.05, 0.1) is 6.21 Å². The highest BCUT2D eigenvalue weighted by Gasteiger charge is 1.55. The summed E-state index contributed by atoms with van der Waals surface area (Å²) in [5, 5.41) is 3.64. The third-order valence-corrected chi connectivity index (χ3v) is 0.419. The zero-order valence-corrected chi connectivity index (χ0v) is 4.55. The zero-order valence-electron chi connectivity index (χ0n) is 4.55. The summed E-state index contributed by atoms with van der Waals surface area (Å²) in [7, 11) is 3.43. The van der Waals surface area contributed by atoms with E-state index in [1.165, 1.54) is 0 Å². The molecule has 0 aromatic carbocycles. The summed E-state index contributed by atoms with van der Waals surface area (Å²) >= 11 is 0. The molecule has 7 heavy (non-hydrogen) atoms. The van der Waals surface area contributed by atoms with Crippen molar-refractivity contribution in [1.82, 2.24) is 5.43 Å². The highest BCUT2D eigenvalue weighted by Crippen LogP contribution is 1.47. The van der Waals surface area contributed by atoms with Crippen molar-refractivity contribution in [2.45, 2.75) is 0 Å². The first-order valence-corrected chi connectivity index (χ1v) is 2.02. The Hall–Kier alpha value is -0.860. The van der Waals surface area contributed by atoms with Crippen molar-refractivity contribution in [2.75, 3.05) is 14.1 Å². The molecule has 40 valence electrons. The van der Waals surface area contributed by atoms with Crippen molar-refractivity contribution < 1.29 is 0 Å². The molecule has 0 spiro atoms. The molecule has 0 amide bonds. The van der Waals surface area contributed by atoms with E-state index in [-0.39, 0.29) is 0 Å². The molecule has 0 atom stereocenters. The molecule has 0 aromatic rings. The summed E-state index contributed by atoms with van der Waals surface area (Å²) in [4.78, 5) is 3.66. The fourth-order valence-corrected chi connectivity index (χ4v) is 0.175. The highest BCUT2D eigenvalue weighted by atomic mass is 15.3. The van der Waals surface area contributed by atoms with Gasteiger partial charge in [-0.2, -0.15) is 5.10 Å². The van der Waals surface area contributed by atoms with Crippen LogP contribution in [0, 0.1) is 0 Å². The quantitative estimate of drug-likeness (QED) is 0.380. The summed E-state index contributed by atoms with van der Waals surface area (Å²) in [6, 6.07) is 0. The lowest BCUT2D eigenvalue weighted by molar-refractivity contribution is 0.910. The number of hydrogen-bond donors (Lipinski definition) is 1. The molecule has 0 aliphatic rings. The van der Waals surface area contributed by atoms with Gasteiger partial charge >= 0.3 is 0 Å². The lowest BCUT2D eigenvalue weighted by atomic mass is 10.8. The van der Waals surface area contributed by atoms with Gasteiger partial charge in [0.15, 0.2) is 0 Å². The SMILES string of the molecule is CN=C/C=N/NC. The maximum atomic E-state index is 3.66. The number of rotatable bonds is 2. The molecule has 0 aromatic heterocycles. The second-order valence-electron chi connectivity index (χ2n) is 0.909. The number of aliphatic imine (C=N–C) groups is 1. The average molecular weight is 99.1 g/mol. The molecule has 1 N–H and O–H groups in total. The van der Waals surface area contributed by atoms with Crippen molar-refractivity contribution in [2.24, 2.45) is 10.1 Å². The molecule has 0 aliphatic carbocycles. The van der Waals surface area contributed by atoms with Crippen LogP contribution >= 0.6 is 0 Å². The van der Waals surface area contributed by atoms with E-state index >= 15 is 0 Å². The second kappa shape index (κ2) is 5.14. The molecule has 0 rings (SSSR count). The van der Waals surface area contributed by atoms with Gasteiger partial charge in [-0.05, 0) is 0 Å². The van der Waals surface area contributed by atoms with Gasteiger partial charge in [0, 0.05) is 20.3 Å². The summed E-state index contributed by atoms with van der Waals surface area (Å²) < 4.78 is 0. The lowest BCUT2D eigenvalue weighted by Gasteiger charge is -1.77. The molecule has 0 bridgehead atoms. The van der Waals surface area contributed by atoms with Gasteiger partial charge in [0.2, 0.25) is 0 Å². The average Bonchev–Trinajstić information content (AvgIpc) is 1.69. The lowest BCUT2D eigenvalue weighted by Crippen LogP contribution is -1.93. The monoisotopic (exact) mass is 99.1 g/mol. The molecular weight excluding hydrogens is 90.1 g/mol. The van der Waals surface area contributed by atoms with Gasteiger partial charge in [-0.15, -0.1) is 0 Å². The van der Waals surface area contributed by atoms with Crippen molar-refractivity contribution in [3.63, 3.8) is 0 Å². The number of nitrogens with zero attached hydrogens (tertiary/aromatic N) is 2. The van der Waals surface area contributed by atoms with Crippen LogP contribution in [0.4, 0.5) is 0 Å². The molecule has 0 heterocycles. The zero-order chi connectivity index (χ0) is 5.54. The summed E-state index contributed by atoms with van der Waals surface area (Å²) in [5.74, 6) is 0. The van der Waals surface area contributed by atoms with Gasteiger partial charge in [-0.1, -0.05) is 0 Å². The number of hydrogen-bond acceptors (Lipinski definition) is 3. The maximum absolute atomic E-state index is 3.66. The minimum atomic E-state index is 1.58. The van der Waals surface area contributed by atoms with E-state index in [4.69, 9.17) is 0 Å². The summed E-state index contributed by atoms with van der Waals surface area (Å²) in [6.45, 7) is 0. The van der Waals surface area contributed by atoms with E-state index in [1.54, 1.807) is 26.5 Å². The molecule has 0 aliphatic heterocycles. The highest BCUT2D eigenvalue weighted by molar-refractivity contribution is 6.15. The van der Waals surface area contributed by atoms with E-state index in [2.05, 4.69) is 15.5 Å². The molecule has 3 nitrogen and oxygen atoms in total. The third kappa shape index (κ3) is 5.14. The summed E-state index contributed by atoms with van der Waals surface area (Å²) in [5.41, 5.74) is 2.58. The van der Waals surface area contributed by atoms with Crippen molar-refractivity contribution in [3.8, 4) is 0 Å². The van der Waals surface area contributed by atoms with Crippen LogP contribution in [-0.2, 0) is 0 Å². The van der Waals surface area contributed by atoms with Gasteiger partial charge in [-0.25, -0.2) is 0 Å². The molecule has 0 saturated heterocycles. The van der Waals surface area contributed by atoms with Crippen molar-refractivity contribution in [3.05, 3.63) is 0 Å². The van der Waals surface area contributed by atoms with Crippen LogP contribution in [0.1, 0.15) is 0 Å². The van der Waals surface area contributed by atoms with Crippen molar-refractivity contribution >= 4 is 12.4 Å². The largest absolute Gasteiger partial charge is 0.313 e. The number of hydrazone groups is 1. The third-order valence-electron chi connectivity index (χ3n) is 0.419. The van der Waals surface area contributed by atoms with Crippen LogP contribution in [0.25, 0.3) is 0 Å². The Labute approximate surface area is 43.1 Å². The Kier molecular flexibility index (Phi) is 4.51. The Balaban J connectivity index is 3.09. The Morgan fingerprint density at radius 1 is 1.43 bits per heavy atom. The van der Waals surface area contributed by atoms with Gasteiger partial charge in [0.25, 0.3) is 0 Å². The molecule has 0 unspecified atom stereocenters. The minimum absolute atomic E-state index is 1.58. The first-order chi connectivity index (χ1) is 3.41. The fraction of sp³-hybridized carbons (Fsp3) is 0.500. The first-order valence-electron chi connectivity index (χ1n) is 2.02. The van der Waals surface area contributed by atoms with Crippen LogP contribution in [0.3, 0.4) is 0 Å². The minimum Gasteiger partial charge on any atom is -0.313 e. The van der Waals surface area contributed by atoms with E-state index in [1.807, 2.05) is 0 Å². The second-order valence-corrected chi connectivity index (χ2v) is 0.909. The Morgan fingerprint density at radius 2 is 2.14 bits per heavy atom. The molecule has 0 fully saturated rings. The summed E-state index contributed by atoms with van der Waals surface area (Å²) in [6.07, 6.45) is 3.19. The predicted molar refractivity (Wildman–Crippen MR) is 32.0 cm³/mol. The normalized spacial score (nSPS) is 11.1. The standard InChI is InChI=1S/C4H9N3/c1-5-3-4-7-6-2/h3-4,6H,1-2H3/b5-3?,7-4+. The molecular formula is C4H9N3. The van der Waals surface area contributed by atoms with Gasteiger partial charge in [-0.3, -0.25) is 4.99 Å². The smallest absolute Gasteiger partial charge is 0.0646 e. The Bertz CT molecular complexity index is 75.0. The van der Waals surface area contributed by atoms with E-state index in [0.717, 1.165) is 0 Å². The van der Waals surface area contributed by atoms with E-state index in [0.29, 0.717) is 0 Å². The van der Waals surface area contributed by atoms with Crippen LogP contribution < -0.4 is 5.43 Å². The van der Waals surface area contributed by atoms with Crippen LogP contribution in [0.2, 0.25) is 0 Å². The Morgan fingerprint density at radius 3 is 2.57 bits per heavy atom. The van der Waals surface area contributed by atoms with Gasteiger partial charge in [0.1, 0.15) is 0 Å². The first kappa shape index (κ1) is 6.14. The van der Waals surface area contributed by atoms with Crippen LogP contribution in [-0.4, -0.2) is 26.5 Å². The maximum Gasteiger partial charge on any atom is 0.0646 e. The molecule has 0 radical (unpaired) electrons. The number of nitrogens with one attached hydrogen (secondary N) is 1.